The molecule has 2 aromatic carbocycles. The maximum atomic E-state index is 14.6. The molecule has 2 aliphatic carbocycles. The van der Waals surface area contributed by atoms with Gasteiger partial charge < -0.3 is 10.1 Å². The zero-order valence-corrected chi connectivity index (χ0v) is 18.5. The van der Waals surface area contributed by atoms with Crippen molar-refractivity contribution in [3.8, 4) is 5.75 Å². The number of hydrogen-bond acceptors (Lipinski definition) is 4. The fourth-order valence-corrected chi connectivity index (χ4v) is 5.87. The monoisotopic (exact) mass is 493 g/mol. The van der Waals surface area contributed by atoms with Gasteiger partial charge in [0, 0.05) is 17.5 Å². The van der Waals surface area contributed by atoms with E-state index in [1.54, 1.807) is 12.1 Å². The number of para-hydroxylation sites is 1. The SMILES string of the molecule is CC1(C(=O)c2c(F)c(F)c(F)c(F)c2F)C2c3ccccc3OC(=O)C21C(=O)NC1CCCCC1. The van der Waals surface area contributed by atoms with E-state index in [0.717, 1.165) is 26.2 Å². The number of benzene rings is 2. The summed E-state index contributed by atoms with van der Waals surface area (Å²) in [7, 11) is 0. The smallest absolute Gasteiger partial charge is 0.328 e. The fraction of sp³-hybridized carbons (Fsp3) is 0.400. The number of carbonyl (C=O) groups excluding carboxylic acids is 3. The van der Waals surface area contributed by atoms with Crippen LogP contribution in [0.3, 0.4) is 0 Å². The Balaban J connectivity index is 1.66. The van der Waals surface area contributed by atoms with Gasteiger partial charge in [-0.15, -0.1) is 0 Å². The van der Waals surface area contributed by atoms with Crippen molar-refractivity contribution in [1.82, 2.24) is 5.32 Å². The molecule has 10 heteroatoms. The Morgan fingerprint density at radius 1 is 0.914 bits per heavy atom. The summed E-state index contributed by atoms with van der Waals surface area (Å²) in [6, 6.07) is 5.74. The summed E-state index contributed by atoms with van der Waals surface area (Å²) in [4.78, 5) is 40.5. The van der Waals surface area contributed by atoms with E-state index in [1.807, 2.05) is 0 Å². The van der Waals surface area contributed by atoms with Crippen LogP contribution in [0.1, 0.15) is 60.9 Å². The predicted molar refractivity (Wildman–Crippen MR) is 111 cm³/mol. The van der Waals surface area contributed by atoms with Gasteiger partial charge in [-0.2, -0.15) is 0 Å². The molecule has 35 heavy (non-hydrogen) atoms. The van der Waals surface area contributed by atoms with Crippen LogP contribution in [0.15, 0.2) is 24.3 Å². The van der Waals surface area contributed by atoms with Crippen LogP contribution >= 0.6 is 0 Å². The molecule has 2 fully saturated rings. The third kappa shape index (κ3) is 2.94. The quantitative estimate of drug-likeness (QED) is 0.127. The van der Waals surface area contributed by atoms with Crippen molar-refractivity contribution in [3.63, 3.8) is 0 Å². The highest BCUT2D eigenvalue weighted by atomic mass is 19.2. The largest absolute Gasteiger partial charge is 0.425 e. The van der Waals surface area contributed by atoms with Crippen molar-refractivity contribution >= 4 is 17.7 Å². The Hall–Kier alpha value is -3.30. The number of esters is 1. The third-order valence-corrected chi connectivity index (χ3v) is 7.71. The molecule has 1 aliphatic heterocycles. The van der Waals surface area contributed by atoms with Crippen LogP contribution in [-0.2, 0) is 9.59 Å². The number of carbonyl (C=O) groups is 3. The Labute approximate surface area is 196 Å². The van der Waals surface area contributed by atoms with Gasteiger partial charge in [-0.05, 0) is 25.8 Å². The summed E-state index contributed by atoms with van der Waals surface area (Å²) < 4.78 is 76.1. The second kappa shape index (κ2) is 7.86. The van der Waals surface area contributed by atoms with E-state index in [2.05, 4.69) is 5.32 Å². The standard InChI is InChI=1S/C25H20F5NO4/c1-24(21(32)14-15(26)17(28)19(30)18(29)16(14)27)20-12-9-5-6-10-13(12)35-23(34)25(20,24)22(33)31-11-7-3-2-4-8-11/h5-6,9-11,20H,2-4,7-8H2,1H3,(H,31,33). The molecule has 0 saturated heterocycles. The Kier molecular flexibility index (Phi) is 5.26. The van der Waals surface area contributed by atoms with Gasteiger partial charge in [0.2, 0.25) is 11.7 Å². The van der Waals surface area contributed by atoms with Gasteiger partial charge in [0.1, 0.15) is 5.75 Å². The van der Waals surface area contributed by atoms with E-state index in [-0.39, 0.29) is 17.4 Å². The molecule has 0 spiro atoms. The number of halogens is 5. The normalized spacial score (nSPS) is 27.5. The van der Waals surface area contributed by atoms with Gasteiger partial charge in [0.15, 0.2) is 34.5 Å². The van der Waals surface area contributed by atoms with E-state index in [0.29, 0.717) is 12.8 Å². The van der Waals surface area contributed by atoms with Gasteiger partial charge in [0.25, 0.3) is 0 Å². The van der Waals surface area contributed by atoms with Crippen molar-refractivity contribution in [2.24, 2.45) is 10.8 Å². The molecule has 3 atom stereocenters. The first kappa shape index (κ1) is 23.4. The molecule has 5 rings (SSSR count). The first-order chi connectivity index (χ1) is 16.6. The summed E-state index contributed by atoms with van der Waals surface area (Å²) in [5, 5.41) is 2.77. The highest BCUT2D eigenvalue weighted by molar-refractivity contribution is 6.21. The third-order valence-electron chi connectivity index (χ3n) is 7.71. The molecule has 2 aromatic rings. The van der Waals surface area contributed by atoms with E-state index in [4.69, 9.17) is 4.74 Å². The summed E-state index contributed by atoms with van der Waals surface area (Å²) in [5.41, 5.74) is -5.82. The average molecular weight is 493 g/mol. The number of ether oxygens (including phenoxy) is 1. The van der Waals surface area contributed by atoms with E-state index >= 15 is 0 Å². The van der Waals surface area contributed by atoms with Crippen molar-refractivity contribution < 1.29 is 41.1 Å². The molecule has 1 amide bonds. The zero-order chi connectivity index (χ0) is 25.3. The van der Waals surface area contributed by atoms with Gasteiger partial charge in [-0.3, -0.25) is 14.4 Å². The summed E-state index contributed by atoms with van der Waals surface area (Å²) in [5.74, 6) is -16.3. The molecule has 3 unspecified atom stereocenters. The first-order valence-corrected chi connectivity index (χ1v) is 11.3. The molecular formula is C25H20F5NO4. The molecule has 0 aromatic heterocycles. The fourth-order valence-electron chi connectivity index (χ4n) is 5.87. The number of hydrogen-bond donors (Lipinski definition) is 1. The van der Waals surface area contributed by atoms with Crippen molar-refractivity contribution in [1.29, 1.82) is 0 Å². The van der Waals surface area contributed by atoms with Gasteiger partial charge >= 0.3 is 5.97 Å². The Morgan fingerprint density at radius 3 is 2.11 bits per heavy atom. The van der Waals surface area contributed by atoms with Crippen LogP contribution in [0.5, 0.6) is 5.75 Å². The van der Waals surface area contributed by atoms with Crippen molar-refractivity contribution in [2.75, 3.05) is 0 Å². The average Bonchev–Trinajstić information content (AvgIpc) is 3.45. The zero-order valence-electron chi connectivity index (χ0n) is 18.5. The number of amides is 1. The van der Waals surface area contributed by atoms with E-state index in [9.17, 15) is 36.3 Å². The topological polar surface area (TPSA) is 72.5 Å². The van der Waals surface area contributed by atoms with Gasteiger partial charge in [0.05, 0.1) is 11.0 Å². The molecule has 1 N–H and O–H groups in total. The molecular weight excluding hydrogens is 473 g/mol. The van der Waals surface area contributed by atoms with E-state index in [1.165, 1.54) is 12.1 Å². The lowest BCUT2D eigenvalue weighted by atomic mass is 9.85. The molecule has 0 bridgehead atoms. The van der Waals surface area contributed by atoms with Gasteiger partial charge in [-0.1, -0.05) is 37.5 Å². The maximum Gasteiger partial charge on any atom is 0.328 e. The van der Waals surface area contributed by atoms with Crippen LogP contribution in [0, 0.1) is 39.9 Å². The van der Waals surface area contributed by atoms with Crippen LogP contribution < -0.4 is 10.1 Å². The molecule has 184 valence electrons. The van der Waals surface area contributed by atoms with Crippen LogP contribution in [-0.4, -0.2) is 23.7 Å². The Morgan fingerprint density at radius 2 is 1.49 bits per heavy atom. The van der Waals surface area contributed by atoms with Crippen LogP contribution in [0.4, 0.5) is 22.0 Å². The molecule has 2 saturated carbocycles. The number of nitrogens with one attached hydrogen (secondary N) is 1. The van der Waals surface area contributed by atoms with Crippen LogP contribution in [0.25, 0.3) is 0 Å². The highest BCUT2D eigenvalue weighted by Gasteiger charge is 2.88. The second-order valence-electron chi connectivity index (χ2n) is 9.45. The summed E-state index contributed by atoms with van der Waals surface area (Å²) >= 11 is 0. The molecule has 5 nitrogen and oxygen atoms in total. The summed E-state index contributed by atoms with van der Waals surface area (Å²) in [6.07, 6.45) is 3.94. The van der Waals surface area contributed by atoms with Crippen molar-refractivity contribution in [3.05, 3.63) is 64.5 Å². The molecule has 3 aliphatic rings. The molecule has 1 heterocycles. The lowest BCUT2D eigenvalue weighted by Crippen LogP contribution is -2.49. The minimum atomic E-state index is -2.41. The van der Waals surface area contributed by atoms with Crippen molar-refractivity contribution in [2.45, 2.75) is 51.0 Å². The van der Waals surface area contributed by atoms with E-state index < -0.39 is 69.1 Å². The lowest BCUT2D eigenvalue weighted by Gasteiger charge is -2.28. The minimum Gasteiger partial charge on any atom is -0.425 e. The Bertz CT molecular complexity index is 1260. The highest BCUT2D eigenvalue weighted by Crippen LogP contribution is 2.78. The number of ketones is 1. The second-order valence-corrected chi connectivity index (χ2v) is 9.45. The number of fused-ring (bicyclic) bond motifs is 3. The number of rotatable bonds is 4. The number of Topliss-reactive ketones (excluding diaryl/α,β-unsaturated/α-hetero) is 1. The minimum absolute atomic E-state index is 0.0533. The van der Waals surface area contributed by atoms with Crippen LogP contribution in [0.2, 0.25) is 0 Å². The predicted octanol–water partition coefficient (Wildman–Crippen LogP) is 4.72. The molecule has 0 radical (unpaired) electrons. The summed E-state index contributed by atoms with van der Waals surface area (Å²) in [6.45, 7) is 1.13. The van der Waals surface area contributed by atoms with Gasteiger partial charge in [-0.25, -0.2) is 22.0 Å². The lowest BCUT2D eigenvalue weighted by molar-refractivity contribution is -0.149. The maximum absolute atomic E-state index is 14.6. The first-order valence-electron chi connectivity index (χ1n) is 11.3.